The molecule has 0 saturated carbocycles. The van der Waals surface area contributed by atoms with E-state index in [4.69, 9.17) is 2.39 Å². The van der Waals surface area contributed by atoms with Crippen molar-refractivity contribution in [3.8, 4) is 0 Å². The first-order valence-electron chi connectivity index (χ1n) is 2.97. The van der Waals surface area contributed by atoms with E-state index in [0.717, 1.165) is 0 Å². The molecule has 5 nitrogen and oxygen atoms in total. The molecule has 0 aromatic carbocycles. The summed E-state index contributed by atoms with van der Waals surface area (Å²) in [5.74, 6) is -0.648. The fraction of sp³-hybridized carbons (Fsp3) is 0.500. The van der Waals surface area contributed by atoms with Crippen LogP contribution in [0.1, 0.15) is 13.8 Å². The fourth-order valence-electron chi connectivity index (χ4n) is 0.283. The molecule has 0 bridgehead atoms. The Balaban J connectivity index is 3.03. The molecular weight excluding hydrogens is 259 g/mol. The number of carbonyl (C=O) groups is 2. The molecule has 0 aliphatic rings. The van der Waals surface area contributed by atoms with Crippen molar-refractivity contribution < 1.29 is 54.8 Å². The zero-order valence-electron chi connectivity index (χ0n) is 6.46. The van der Waals surface area contributed by atoms with E-state index in [1.54, 1.807) is 0 Å². The van der Waals surface area contributed by atoms with Crippen molar-refractivity contribution in [2.24, 2.45) is 0 Å². The average molecular weight is 265 g/mol. The van der Waals surface area contributed by atoms with Crippen LogP contribution in [0.5, 0.6) is 0 Å². The summed E-state index contributed by atoms with van der Waals surface area (Å²) in [6.07, 6.45) is 0. The second-order valence-corrected chi connectivity index (χ2v) is 9.22. The van der Waals surface area contributed by atoms with Gasteiger partial charge >= 0.3 is 80.6 Å². The molecule has 56 valence electrons. The molecular formula is C4H6O5Zn2. The van der Waals surface area contributed by atoms with Crippen LogP contribution in [0.4, 0.5) is 0 Å². The van der Waals surface area contributed by atoms with Crippen LogP contribution in [0, 0.1) is 0 Å². The first-order valence-corrected chi connectivity index (χ1v) is 7.82. The first kappa shape index (κ1) is 11.1. The summed E-state index contributed by atoms with van der Waals surface area (Å²) in [6.45, 7) is 2.65. The minimum atomic E-state index is -1.61. The van der Waals surface area contributed by atoms with Crippen molar-refractivity contribution in [1.82, 2.24) is 0 Å². The van der Waals surface area contributed by atoms with Gasteiger partial charge in [-0.15, -0.1) is 0 Å². The van der Waals surface area contributed by atoms with Gasteiger partial charge in [-0.3, -0.25) is 0 Å². The molecule has 0 spiro atoms. The van der Waals surface area contributed by atoms with Crippen molar-refractivity contribution in [2.45, 2.75) is 13.8 Å². The number of hydrogen-bond acceptors (Lipinski definition) is 5. The van der Waals surface area contributed by atoms with E-state index in [-0.39, 0.29) is 11.9 Å². The Bertz CT molecular complexity index is 131. The van der Waals surface area contributed by atoms with Crippen molar-refractivity contribution >= 4 is 11.9 Å². The molecule has 11 heavy (non-hydrogen) atoms. The van der Waals surface area contributed by atoms with Gasteiger partial charge in [-0.25, -0.2) is 0 Å². The average Bonchev–Trinajstić information content (AvgIpc) is 1.85. The van der Waals surface area contributed by atoms with Crippen LogP contribution in [-0.2, 0) is 54.8 Å². The summed E-state index contributed by atoms with van der Waals surface area (Å²) in [4.78, 5) is 20.4. The third-order valence-electron chi connectivity index (χ3n) is 0.691. The van der Waals surface area contributed by atoms with E-state index in [2.05, 4.69) is 7.13 Å². The van der Waals surface area contributed by atoms with E-state index in [1.807, 2.05) is 0 Å². The van der Waals surface area contributed by atoms with Gasteiger partial charge < -0.3 is 0 Å². The predicted molar refractivity (Wildman–Crippen MR) is 24.6 cm³/mol. The normalized spacial score (nSPS) is 7.45. The quantitative estimate of drug-likeness (QED) is 0.527. The Morgan fingerprint density at radius 1 is 1.00 bits per heavy atom. The molecule has 0 aliphatic heterocycles. The maximum atomic E-state index is 10.2. The van der Waals surface area contributed by atoms with Crippen molar-refractivity contribution in [3.05, 3.63) is 0 Å². The van der Waals surface area contributed by atoms with Crippen LogP contribution in [0.2, 0.25) is 0 Å². The standard InChI is InChI=1S/2C2H4O2.O.2Zn/c2*1-2(3)4;;;/h2*1H3,(H,3,4);;;/q;;;2*+1/p-2. The molecule has 0 aromatic heterocycles. The molecule has 0 aromatic rings. The molecule has 0 saturated heterocycles. The van der Waals surface area contributed by atoms with Gasteiger partial charge in [0.15, 0.2) is 0 Å². The van der Waals surface area contributed by atoms with Crippen LogP contribution in [0.15, 0.2) is 0 Å². The van der Waals surface area contributed by atoms with Gasteiger partial charge in [-0.05, 0) is 0 Å². The molecule has 0 atom stereocenters. The van der Waals surface area contributed by atoms with Gasteiger partial charge in [0.05, 0.1) is 0 Å². The molecule has 7 heteroatoms. The number of hydrogen-bond donors (Lipinski definition) is 0. The zero-order chi connectivity index (χ0) is 8.69. The summed E-state index contributed by atoms with van der Waals surface area (Å²) in [5.41, 5.74) is 0. The summed E-state index contributed by atoms with van der Waals surface area (Å²) in [6, 6.07) is 0. The van der Waals surface area contributed by atoms with Crippen molar-refractivity contribution in [1.29, 1.82) is 0 Å². The second kappa shape index (κ2) is 6.83. The Morgan fingerprint density at radius 2 is 1.36 bits per heavy atom. The van der Waals surface area contributed by atoms with Crippen LogP contribution >= 0.6 is 0 Å². The Labute approximate surface area is 80.6 Å². The SMILES string of the molecule is CC(=O)[O][Zn][O][Zn][O]C(C)=O. The molecule has 0 unspecified atom stereocenters. The van der Waals surface area contributed by atoms with Crippen LogP contribution in [0.25, 0.3) is 0 Å². The number of rotatable bonds is 4. The van der Waals surface area contributed by atoms with Crippen molar-refractivity contribution in [2.75, 3.05) is 0 Å². The molecule has 0 heterocycles. The Hall–Kier alpha value is 0.147. The van der Waals surface area contributed by atoms with Gasteiger partial charge in [0.2, 0.25) is 0 Å². The van der Waals surface area contributed by atoms with E-state index in [1.165, 1.54) is 13.8 Å². The van der Waals surface area contributed by atoms with Gasteiger partial charge in [-0.2, -0.15) is 0 Å². The molecule has 0 rings (SSSR count). The summed E-state index contributed by atoms with van der Waals surface area (Å²) in [5, 5.41) is 0. The molecule has 0 fully saturated rings. The first-order chi connectivity index (χ1) is 5.13. The van der Waals surface area contributed by atoms with E-state index in [0.29, 0.717) is 0 Å². The third-order valence-corrected chi connectivity index (χ3v) is 7.22. The van der Waals surface area contributed by atoms with E-state index >= 15 is 0 Å². The van der Waals surface area contributed by atoms with Gasteiger partial charge in [-0.1, -0.05) is 0 Å². The summed E-state index contributed by atoms with van der Waals surface area (Å²) >= 11 is -3.22. The maximum absolute atomic E-state index is 10.2. The van der Waals surface area contributed by atoms with Gasteiger partial charge in [0.25, 0.3) is 0 Å². The molecule has 0 radical (unpaired) electrons. The number of carbonyl (C=O) groups excluding carboxylic acids is 2. The van der Waals surface area contributed by atoms with Crippen LogP contribution in [0.3, 0.4) is 0 Å². The molecule has 0 N–H and O–H groups in total. The monoisotopic (exact) mass is 262 g/mol. The fourth-order valence-corrected chi connectivity index (χ4v) is 4.03. The van der Waals surface area contributed by atoms with E-state index in [9.17, 15) is 9.59 Å². The molecule has 0 amide bonds. The minimum absolute atomic E-state index is 0.324. The predicted octanol–water partition coefficient (Wildman–Crippen LogP) is -0.0458. The van der Waals surface area contributed by atoms with Gasteiger partial charge in [0.1, 0.15) is 0 Å². The topological polar surface area (TPSA) is 61.8 Å². The second-order valence-electron chi connectivity index (χ2n) is 1.71. The van der Waals surface area contributed by atoms with E-state index < -0.39 is 35.7 Å². The Morgan fingerprint density at radius 3 is 1.64 bits per heavy atom. The third kappa shape index (κ3) is 10.1. The summed E-state index contributed by atoms with van der Waals surface area (Å²) in [7, 11) is 0. The van der Waals surface area contributed by atoms with Crippen LogP contribution in [-0.4, -0.2) is 11.9 Å². The van der Waals surface area contributed by atoms with Crippen LogP contribution < -0.4 is 0 Å². The van der Waals surface area contributed by atoms with Crippen molar-refractivity contribution in [3.63, 3.8) is 0 Å². The molecule has 0 aliphatic carbocycles. The Kier molecular flexibility index (Phi) is 6.92. The zero-order valence-corrected chi connectivity index (χ0v) is 12.4. The summed E-state index contributed by atoms with van der Waals surface area (Å²) < 4.78 is 14.2. The van der Waals surface area contributed by atoms with Gasteiger partial charge in [0, 0.05) is 0 Å².